The van der Waals surface area contributed by atoms with Gasteiger partial charge in [0.2, 0.25) is 0 Å². The molecule has 0 atom stereocenters. The van der Waals surface area contributed by atoms with E-state index in [9.17, 15) is 9.90 Å². The molecule has 1 aliphatic carbocycles. The Morgan fingerprint density at radius 1 is 1.25 bits per heavy atom. The molecular weight excluding hydrogens is 250 g/mol. The zero-order valence-corrected chi connectivity index (χ0v) is 11.7. The van der Waals surface area contributed by atoms with E-state index in [0.717, 1.165) is 36.6 Å². The van der Waals surface area contributed by atoms with Crippen molar-refractivity contribution in [3.8, 4) is 5.75 Å². The molecule has 0 radical (unpaired) electrons. The topological polar surface area (TPSA) is 40.5 Å². The number of hydrogen-bond acceptors (Lipinski definition) is 2. The molecule has 1 N–H and O–H groups in total. The molecule has 2 aromatic carbocycles. The summed E-state index contributed by atoms with van der Waals surface area (Å²) in [7, 11) is 0. The molecule has 0 aliphatic heterocycles. The summed E-state index contributed by atoms with van der Waals surface area (Å²) < 4.78 is 0. The fourth-order valence-electron chi connectivity index (χ4n) is 2.66. The standard InChI is InChI=1S/C17H19NO2/c1-2-11-18(13-8-9-13)17(20)15-10-7-12-5-3-4-6-14(12)16(15)19/h3-7,10,13,19H,2,8-9,11H2,1H3. The second kappa shape index (κ2) is 5.16. The number of phenols is 1. The summed E-state index contributed by atoms with van der Waals surface area (Å²) in [5, 5.41) is 12.1. The summed E-state index contributed by atoms with van der Waals surface area (Å²) in [6, 6.07) is 11.6. The quantitative estimate of drug-likeness (QED) is 0.922. The molecule has 0 unspecified atom stereocenters. The van der Waals surface area contributed by atoms with Crippen LogP contribution in [-0.2, 0) is 0 Å². The molecule has 0 spiro atoms. The highest BCUT2D eigenvalue weighted by atomic mass is 16.3. The summed E-state index contributed by atoms with van der Waals surface area (Å²) in [5.41, 5.74) is 0.420. The van der Waals surface area contributed by atoms with Gasteiger partial charge in [0.1, 0.15) is 5.75 Å². The number of fused-ring (bicyclic) bond motifs is 1. The van der Waals surface area contributed by atoms with Gasteiger partial charge in [-0.15, -0.1) is 0 Å². The molecule has 0 saturated heterocycles. The highest BCUT2D eigenvalue weighted by Gasteiger charge is 2.33. The van der Waals surface area contributed by atoms with Crippen molar-refractivity contribution in [2.45, 2.75) is 32.2 Å². The number of aromatic hydroxyl groups is 1. The number of carbonyl (C=O) groups is 1. The molecule has 0 aromatic heterocycles. The minimum absolute atomic E-state index is 0.0439. The number of nitrogens with zero attached hydrogens (tertiary/aromatic N) is 1. The maximum atomic E-state index is 12.6. The molecule has 3 heteroatoms. The Bertz CT molecular complexity index is 646. The Hall–Kier alpha value is -2.03. The summed E-state index contributed by atoms with van der Waals surface area (Å²) in [6.45, 7) is 2.83. The molecule has 20 heavy (non-hydrogen) atoms. The lowest BCUT2D eigenvalue weighted by Gasteiger charge is -2.22. The van der Waals surface area contributed by atoms with Gasteiger partial charge in [0.15, 0.2) is 0 Å². The monoisotopic (exact) mass is 269 g/mol. The second-order valence-corrected chi connectivity index (χ2v) is 5.41. The normalized spacial score (nSPS) is 14.4. The van der Waals surface area contributed by atoms with Crippen molar-refractivity contribution in [2.24, 2.45) is 0 Å². The predicted molar refractivity (Wildman–Crippen MR) is 80.0 cm³/mol. The summed E-state index contributed by atoms with van der Waals surface area (Å²) in [6.07, 6.45) is 3.11. The van der Waals surface area contributed by atoms with Crippen LogP contribution in [-0.4, -0.2) is 28.5 Å². The molecule has 2 aromatic rings. The van der Waals surface area contributed by atoms with Crippen LogP contribution in [0.3, 0.4) is 0 Å². The Balaban J connectivity index is 2.00. The highest BCUT2D eigenvalue weighted by Crippen LogP contribution is 2.33. The van der Waals surface area contributed by atoms with Crippen LogP contribution >= 0.6 is 0 Å². The van der Waals surface area contributed by atoms with E-state index in [4.69, 9.17) is 0 Å². The van der Waals surface area contributed by atoms with E-state index in [0.29, 0.717) is 11.6 Å². The van der Waals surface area contributed by atoms with Crippen molar-refractivity contribution >= 4 is 16.7 Å². The van der Waals surface area contributed by atoms with E-state index >= 15 is 0 Å². The lowest BCUT2D eigenvalue weighted by atomic mass is 10.0. The summed E-state index contributed by atoms with van der Waals surface area (Å²) in [4.78, 5) is 14.6. The van der Waals surface area contributed by atoms with Crippen LogP contribution in [0.1, 0.15) is 36.5 Å². The average molecular weight is 269 g/mol. The van der Waals surface area contributed by atoms with E-state index in [-0.39, 0.29) is 11.7 Å². The average Bonchev–Trinajstić information content (AvgIpc) is 3.29. The molecule has 0 bridgehead atoms. The third-order valence-electron chi connectivity index (χ3n) is 3.84. The number of hydrogen-bond donors (Lipinski definition) is 1. The molecule has 1 saturated carbocycles. The van der Waals surface area contributed by atoms with Crippen LogP contribution in [0.4, 0.5) is 0 Å². The zero-order chi connectivity index (χ0) is 14.1. The highest BCUT2D eigenvalue weighted by molar-refractivity contribution is 6.03. The van der Waals surface area contributed by atoms with E-state index in [1.807, 2.05) is 35.2 Å². The molecule has 1 amide bonds. The van der Waals surface area contributed by atoms with Crippen LogP contribution in [0.15, 0.2) is 36.4 Å². The number of phenolic OH excluding ortho intramolecular Hbond substituents is 1. The molecule has 104 valence electrons. The fraction of sp³-hybridized carbons (Fsp3) is 0.353. The van der Waals surface area contributed by atoms with Crippen LogP contribution in [0.2, 0.25) is 0 Å². The van der Waals surface area contributed by atoms with Crippen molar-refractivity contribution in [3.63, 3.8) is 0 Å². The van der Waals surface area contributed by atoms with Crippen LogP contribution in [0, 0.1) is 0 Å². The van der Waals surface area contributed by atoms with Crippen molar-refractivity contribution in [1.29, 1.82) is 0 Å². The fourth-order valence-corrected chi connectivity index (χ4v) is 2.66. The predicted octanol–water partition coefficient (Wildman–Crippen LogP) is 3.56. The van der Waals surface area contributed by atoms with Gasteiger partial charge >= 0.3 is 0 Å². The van der Waals surface area contributed by atoms with Crippen molar-refractivity contribution in [1.82, 2.24) is 4.90 Å². The van der Waals surface area contributed by atoms with Crippen molar-refractivity contribution in [2.75, 3.05) is 6.54 Å². The Morgan fingerprint density at radius 2 is 2.00 bits per heavy atom. The number of amides is 1. The molecule has 3 rings (SSSR count). The summed E-state index contributed by atoms with van der Waals surface area (Å²) in [5.74, 6) is 0.0625. The first-order valence-corrected chi connectivity index (χ1v) is 7.24. The molecule has 1 aliphatic rings. The van der Waals surface area contributed by atoms with Gasteiger partial charge in [-0.25, -0.2) is 0 Å². The maximum Gasteiger partial charge on any atom is 0.257 e. The second-order valence-electron chi connectivity index (χ2n) is 5.41. The van der Waals surface area contributed by atoms with Gasteiger partial charge in [0.25, 0.3) is 5.91 Å². The molecule has 3 nitrogen and oxygen atoms in total. The third kappa shape index (κ3) is 2.24. The molecule has 0 heterocycles. The first-order chi connectivity index (χ1) is 9.72. The van der Waals surface area contributed by atoms with Crippen LogP contribution < -0.4 is 0 Å². The Kier molecular flexibility index (Phi) is 3.35. The lowest BCUT2D eigenvalue weighted by molar-refractivity contribution is 0.0740. The van der Waals surface area contributed by atoms with Crippen molar-refractivity contribution < 1.29 is 9.90 Å². The van der Waals surface area contributed by atoms with E-state index in [2.05, 4.69) is 6.92 Å². The largest absolute Gasteiger partial charge is 0.506 e. The first-order valence-electron chi connectivity index (χ1n) is 7.24. The number of carbonyl (C=O) groups excluding carboxylic acids is 1. The van der Waals surface area contributed by atoms with Gasteiger partial charge in [-0.3, -0.25) is 4.79 Å². The van der Waals surface area contributed by atoms with E-state index in [1.54, 1.807) is 6.07 Å². The summed E-state index contributed by atoms with van der Waals surface area (Å²) >= 11 is 0. The Morgan fingerprint density at radius 3 is 2.70 bits per heavy atom. The van der Waals surface area contributed by atoms with Gasteiger partial charge < -0.3 is 10.0 Å². The zero-order valence-electron chi connectivity index (χ0n) is 11.7. The third-order valence-corrected chi connectivity index (χ3v) is 3.84. The van der Waals surface area contributed by atoms with Crippen LogP contribution in [0.25, 0.3) is 10.8 Å². The van der Waals surface area contributed by atoms with E-state index in [1.165, 1.54) is 0 Å². The van der Waals surface area contributed by atoms with Gasteiger partial charge in [-0.05, 0) is 30.7 Å². The van der Waals surface area contributed by atoms with Gasteiger partial charge in [0.05, 0.1) is 5.56 Å². The Labute approximate surface area is 118 Å². The van der Waals surface area contributed by atoms with Crippen LogP contribution in [0.5, 0.6) is 5.75 Å². The maximum absolute atomic E-state index is 12.6. The molecule has 1 fully saturated rings. The van der Waals surface area contributed by atoms with E-state index < -0.39 is 0 Å². The van der Waals surface area contributed by atoms with Crippen molar-refractivity contribution in [3.05, 3.63) is 42.0 Å². The first kappa shape index (κ1) is 13.0. The molecular formula is C17H19NO2. The number of rotatable bonds is 4. The smallest absolute Gasteiger partial charge is 0.257 e. The lowest BCUT2D eigenvalue weighted by Crippen LogP contribution is -2.33. The SMILES string of the molecule is CCCN(C(=O)c1ccc2ccccc2c1O)C1CC1. The van der Waals surface area contributed by atoms with Gasteiger partial charge in [0, 0.05) is 18.0 Å². The number of benzene rings is 2. The van der Waals surface area contributed by atoms with Gasteiger partial charge in [-0.2, -0.15) is 0 Å². The minimum Gasteiger partial charge on any atom is -0.506 e. The van der Waals surface area contributed by atoms with Gasteiger partial charge in [-0.1, -0.05) is 37.3 Å². The minimum atomic E-state index is -0.0439.